The maximum absolute atomic E-state index is 4.40. The zero-order valence-corrected chi connectivity index (χ0v) is 24.2. The van der Waals surface area contributed by atoms with E-state index in [0.717, 1.165) is 23.4 Å². The number of benzene rings is 8. The van der Waals surface area contributed by atoms with E-state index < -0.39 is 0 Å². The van der Waals surface area contributed by atoms with Crippen LogP contribution in [0.2, 0.25) is 0 Å². The molecule has 0 fully saturated rings. The second-order valence-corrected chi connectivity index (χ2v) is 11.6. The maximum atomic E-state index is 4.40. The lowest BCUT2D eigenvalue weighted by molar-refractivity contribution is 1.25. The lowest BCUT2D eigenvalue weighted by Crippen LogP contribution is -2.11. The van der Waals surface area contributed by atoms with Gasteiger partial charge in [-0.25, -0.2) is 0 Å². The van der Waals surface area contributed by atoms with Crippen molar-refractivity contribution in [2.24, 2.45) is 0 Å². The minimum absolute atomic E-state index is 0.818. The Morgan fingerprint density at radius 1 is 0.512 bits per heavy atom. The van der Waals surface area contributed by atoms with Crippen LogP contribution in [0, 0.1) is 6.92 Å². The number of nitrogens with zero attached hydrogens (tertiary/aromatic N) is 1. The second kappa shape index (κ2) is 10.2. The van der Waals surface area contributed by atoms with Gasteiger partial charge >= 0.3 is 0 Å². The molecule has 8 aromatic carbocycles. The summed E-state index contributed by atoms with van der Waals surface area (Å²) in [6.45, 7) is 6.51. The molecule has 1 nitrogen and oxygen atoms in total. The van der Waals surface area contributed by atoms with Gasteiger partial charge in [0.15, 0.2) is 0 Å². The molecule has 0 unspecified atom stereocenters. The summed E-state index contributed by atoms with van der Waals surface area (Å²) in [5.41, 5.74) is 8.30. The van der Waals surface area contributed by atoms with Crippen molar-refractivity contribution < 1.29 is 0 Å². The first-order chi connectivity index (χ1) is 21.2. The van der Waals surface area contributed by atoms with E-state index in [9.17, 15) is 0 Å². The summed E-state index contributed by atoms with van der Waals surface area (Å²) >= 11 is 0. The third kappa shape index (κ3) is 4.24. The number of para-hydroxylation sites is 1. The smallest absolute Gasteiger partial charge is 0.0546 e. The van der Waals surface area contributed by atoms with Gasteiger partial charge in [-0.3, -0.25) is 0 Å². The van der Waals surface area contributed by atoms with E-state index in [1.54, 1.807) is 0 Å². The zero-order valence-electron chi connectivity index (χ0n) is 24.2. The largest absolute Gasteiger partial charge is 0.310 e. The highest BCUT2D eigenvalue weighted by Crippen LogP contribution is 2.47. The van der Waals surface area contributed by atoms with Crippen molar-refractivity contribution in [3.63, 3.8) is 0 Å². The lowest BCUT2D eigenvalue weighted by atomic mass is 9.88. The van der Waals surface area contributed by atoms with Crippen molar-refractivity contribution in [1.29, 1.82) is 0 Å². The molecule has 8 rings (SSSR count). The van der Waals surface area contributed by atoms with Gasteiger partial charge in [-0.1, -0.05) is 127 Å². The van der Waals surface area contributed by atoms with Crippen LogP contribution in [0.3, 0.4) is 0 Å². The Labute approximate surface area is 252 Å². The molecule has 43 heavy (non-hydrogen) atoms. The van der Waals surface area contributed by atoms with Gasteiger partial charge in [0.2, 0.25) is 0 Å². The standard InChI is InChI=1S/C42H31N/c1-28-17-21-31(22-18-28)29(2)27-30-19-24-35(25-20-30)43(34-12-4-3-5-13-34)39-26-23-33-11-7-15-37-36-14-6-9-32-10-8-16-38(40(32)36)42(39)41(33)37/h3-26H,2,27H2,1H3. The summed E-state index contributed by atoms with van der Waals surface area (Å²) in [7, 11) is 0. The number of anilines is 3. The van der Waals surface area contributed by atoms with Gasteiger partial charge in [-0.05, 0) is 98.1 Å². The molecule has 0 aliphatic carbocycles. The van der Waals surface area contributed by atoms with Crippen molar-refractivity contribution in [2.75, 3.05) is 4.90 Å². The highest BCUT2D eigenvalue weighted by atomic mass is 15.1. The van der Waals surface area contributed by atoms with Crippen LogP contribution < -0.4 is 4.90 Å². The predicted molar refractivity (Wildman–Crippen MR) is 186 cm³/mol. The van der Waals surface area contributed by atoms with Gasteiger partial charge in [0.25, 0.3) is 0 Å². The van der Waals surface area contributed by atoms with E-state index in [1.165, 1.54) is 65.5 Å². The minimum Gasteiger partial charge on any atom is -0.310 e. The maximum Gasteiger partial charge on any atom is 0.0546 e. The van der Waals surface area contributed by atoms with Crippen LogP contribution in [0.5, 0.6) is 0 Å². The molecule has 0 amide bonds. The van der Waals surface area contributed by atoms with Crippen LogP contribution in [-0.2, 0) is 6.42 Å². The topological polar surface area (TPSA) is 3.24 Å². The van der Waals surface area contributed by atoms with Crippen LogP contribution in [0.25, 0.3) is 48.7 Å². The van der Waals surface area contributed by atoms with Crippen molar-refractivity contribution in [3.05, 3.63) is 169 Å². The molecule has 0 heterocycles. The Morgan fingerprint density at radius 2 is 1.12 bits per heavy atom. The molecule has 0 spiro atoms. The van der Waals surface area contributed by atoms with Crippen molar-refractivity contribution in [3.8, 4) is 0 Å². The van der Waals surface area contributed by atoms with Gasteiger partial charge in [-0.2, -0.15) is 0 Å². The quantitative estimate of drug-likeness (QED) is 0.147. The summed E-state index contributed by atoms with van der Waals surface area (Å²) in [6.07, 6.45) is 0.818. The fraction of sp³-hybridized carbons (Fsp3) is 0.0476. The summed E-state index contributed by atoms with van der Waals surface area (Å²) in [4.78, 5) is 2.41. The molecule has 0 radical (unpaired) electrons. The summed E-state index contributed by atoms with van der Waals surface area (Å²) < 4.78 is 0. The molecule has 0 bridgehead atoms. The summed E-state index contributed by atoms with van der Waals surface area (Å²) in [5, 5.41) is 10.4. The van der Waals surface area contributed by atoms with Crippen molar-refractivity contribution >= 4 is 65.7 Å². The number of hydrogen-bond acceptors (Lipinski definition) is 1. The molecule has 1 heteroatoms. The molecule has 0 saturated heterocycles. The van der Waals surface area contributed by atoms with E-state index in [0.29, 0.717) is 0 Å². The highest BCUT2D eigenvalue weighted by molar-refractivity contribution is 6.35. The fourth-order valence-electron chi connectivity index (χ4n) is 6.73. The average Bonchev–Trinajstić information content (AvgIpc) is 3.05. The van der Waals surface area contributed by atoms with Crippen LogP contribution in [0.1, 0.15) is 16.7 Å². The van der Waals surface area contributed by atoms with E-state index in [-0.39, 0.29) is 0 Å². The van der Waals surface area contributed by atoms with Gasteiger partial charge in [-0.15, -0.1) is 0 Å². The molecule has 0 aliphatic rings. The second-order valence-electron chi connectivity index (χ2n) is 11.6. The molecule has 0 saturated carbocycles. The Kier molecular flexibility index (Phi) is 5.98. The summed E-state index contributed by atoms with van der Waals surface area (Å²) in [5.74, 6) is 0. The third-order valence-electron chi connectivity index (χ3n) is 8.81. The number of allylic oxidation sites excluding steroid dienone is 1. The molecule has 0 aliphatic heterocycles. The van der Waals surface area contributed by atoms with E-state index >= 15 is 0 Å². The Morgan fingerprint density at radius 3 is 1.81 bits per heavy atom. The fourth-order valence-corrected chi connectivity index (χ4v) is 6.73. The SMILES string of the molecule is C=C(Cc1ccc(N(c2ccccc2)c2ccc3cccc4c5cccc6cccc(c2c34)c65)cc1)c1ccc(C)cc1. The molecule has 0 atom stereocenters. The number of aryl methyl sites for hydroxylation is 1. The van der Waals surface area contributed by atoms with Gasteiger partial charge < -0.3 is 4.90 Å². The molecule has 8 aromatic rings. The lowest BCUT2D eigenvalue weighted by Gasteiger charge is -2.28. The first-order valence-electron chi connectivity index (χ1n) is 14.9. The van der Waals surface area contributed by atoms with Crippen LogP contribution >= 0.6 is 0 Å². The van der Waals surface area contributed by atoms with Crippen LogP contribution in [0.15, 0.2) is 152 Å². The van der Waals surface area contributed by atoms with E-state index in [1.807, 2.05) is 0 Å². The monoisotopic (exact) mass is 549 g/mol. The molecule has 0 N–H and O–H groups in total. The average molecular weight is 550 g/mol. The first-order valence-corrected chi connectivity index (χ1v) is 14.9. The predicted octanol–water partition coefficient (Wildman–Crippen LogP) is 11.8. The van der Waals surface area contributed by atoms with E-state index in [4.69, 9.17) is 0 Å². The minimum atomic E-state index is 0.818. The van der Waals surface area contributed by atoms with Gasteiger partial charge in [0.05, 0.1) is 5.69 Å². The van der Waals surface area contributed by atoms with Crippen LogP contribution in [-0.4, -0.2) is 0 Å². The third-order valence-corrected chi connectivity index (χ3v) is 8.81. The van der Waals surface area contributed by atoms with Crippen molar-refractivity contribution in [2.45, 2.75) is 13.3 Å². The van der Waals surface area contributed by atoms with Crippen LogP contribution in [0.4, 0.5) is 17.1 Å². The Bertz CT molecular complexity index is 2250. The Hall–Kier alpha value is -5.40. The van der Waals surface area contributed by atoms with Gasteiger partial charge in [0, 0.05) is 16.8 Å². The van der Waals surface area contributed by atoms with E-state index in [2.05, 4.69) is 164 Å². The molecular weight excluding hydrogens is 518 g/mol. The molecule has 204 valence electrons. The number of hydrogen-bond donors (Lipinski definition) is 0. The molecular formula is C42H31N. The normalized spacial score (nSPS) is 11.6. The van der Waals surface area contributed by atoms with Gasteiger partial charge in [0.1, 0.15) is 0 Å². The van der Waals surface area contributed by atoms with Crippen molar-refractivity contribution in [1.82, 2.24) is 0 Å². The Balaban J connectivity index is 1.32. The summed E-state index contributed by atoms with van der Waals surface area (Å²) in [6, 6.07) is 53.1. The zero-order chi connectivity index (χ0) is 28.9. The highest BCUT2D eigenvalue weighted by Gasteiger charge is 2.20. The first kappa shape index (κ1) is 25.3. The molecule has 0 aromatic heterocycles. The number of fused-ring (bicyclic) bond motifs is 2. The number of rotatable bonds is 6.